The molecule has 1 unspecified atom stereocenters. The van der Waals surface area contributed by atoms with E-state index in [9.17, 15) is 14.7 Å². The molecule has 1 aliphatic rings. The number of carboxylic acid groups (broad SMARTS) is 1. The zero-order valence-corrected chi connectivity index (χ0v) is 11.2. The molecule has 1 atom stereocenters. The molecule has 0 aromatic rings. The lowest BCUT2D eigenvalue weighted by Gasteiger charge is -2.23. The number of amides is 2. The third kappa shape index (κ3) is 3.35. The highest BCUT2D eigenvalue weighted by molar-refractivity contribution is 5.79. The molecule has 1 heterocycles. The van der Waals surface area contributed by atoms with Gasteiger partial charge in [-0.05, 0) is 32.9 Å². The van der Waals surface area contributed by atoms with Gasteiger partial charge in [0.1, 0.15) is 0 Å². The fourth-order valence-corrected chi connectivity index (χ4v) is 2.23. The first kappa shape index (κ1) is 14.8. The van der Waals surface area contributed by atoms with Crippen molar-refractivity contribution in [3.63, 3.8) is 0 Å². The summed E-state index contributed by atoms with van der Waals surface area (Å²) in [6.07, 6.45) is 1.97. The Morgan fingerprint density at radius 3 is 2.61 bits per heavy atom. The van der Waals surface area contributed by atoms with Gasteiger partial charge in [-0.15, -0.1) is 0 Å². The molecule has 1 fully saturated rings. The Balaban J connectivity index is 2.41. The highest BCUT2D eigenvalue weighted by Gasteiger charge is 2.44. The number of carbonyl (C=O) groups excluding carboxylic acids is 1. The molecule has 104 valence electrons. The number of nitrogens with one attached hydrogen (secondary N) is 2. The monoisotopic (exact) mass is 257 g/mol. The first-order valence-corrected chi connectivity index (χ1v) is 6.46. The van der Waals surface area contributed by atoms with Crippen LogP contribution in [0.3, 0.4) is 0 Å². The van der Waals surface area contributed by atoms with Gasteiger partial charge in [-0.2, -0.15) is 0 Å². The maximum Gasteiger partial charge on any atom is 0.317 e. The second-order valence-electron chi connectivity index (χ2n) is 4.80. The van der Waals surface area contributed by atoms with Gasteiger partial charge < -0.3 is 20.6 Å². The van der Waals surface area contributed by atoms with Gasteiger partial charge in [0, 0.05) is 19.6 Å². The van der Waals surface area contributed by atoms with E-state index in [0.29, 0.717) is 32.5 Å². The van der Waals surface area contributed by atoms with E-state index >= 15 is 0 Å². The molecule has 1 aliphatic heterocycles. The molecule has 0 aromatic carbocycles. The van der Waals surface area contributed by atoms with Crippen molar-refractivity contribution >= 4 is 12.0 Å². The summed E-state index contributed by atoms with van der Waals surface area (Å²) in [7, 11) is 1.87. The number of aliphatic carboxylic acids is 1. The van der Waals surface area contributed by atoms with Gasteiger partial charge in [0.05, 0.1) is 5.41 Å². The van der Waals surface area contributed by atoms with Crippen LogP contribution in [0, 0.1) is 5.41 Å². The van der Waals surface area contributed by atoms with E-state index in [0.717, 1.165) is 13.0 Å². The number of likely N-dealkylation sites (tertiary alicyclic amines) is 1. The molecule has 6 heteroatoms. The number of carbonyl (C=O) groups is 2. The van der Waals surface area contributed by atoms with Gasteiger partial charge in [0.15, 0.2) is 0 Å². The molecule has 0 spiro atoms. The molecular formula is C12H23N3O3. The summed E-state index contributed by atoms with van der Waals surface area (Å²) in [6.45, 7) is 4.17. The van der Waals surface area contributed by atoms with Crippen LogP contribution in [0.15, 0.2) is 0 Å². The molecule has 0 bridgehead atoms. The summed E-state index contributed by atoms with van der Waals surface area (Å²) in [5, 5.41) is 15.1. The van der Waals surface area contributed by atoms with Gasteiger partial charge in [-0.1, -0.05) is 6.92 Å². The summed E-state index contributed by atoms with van der Waals surface area (Å²) in [6, 6.07) is -0.150. The standard InChI is InChI=1S/C12H23N3O3/c1-3-12(10(16)17)5-8-15(9-12)11(18)14-7-4-6-13-2/h13H,3-9H2,1-2H3,(H,14,18)(H,16,17). The average Bonchev–Trinajstić information content (AvgIpc) is 2.80. The normalized spacial score (nSPS) is 23.1. The second kappa shape index (κ2) is 6.58. The van der Waals surface area contributed by atoms with Crippen LogP contribution in [0.5, 0.6) is 0 Å². The minimum Gasteiger partial charge on any atom is -0.481 e. The molecule has 0 radical (unpaired) electrons. The van der Waals surface area contributed by atoms with Crippen molar-refractivity contribution in [2.75, 3.05) is 33.2 Å². The Bertz CT molecular complexity index is 309. The number of nitrogens with zero attached hydrogens (tertiary/aromatic N) is 1. The quantitative estimate of drug-likeness (QED) is 0.605. The molecule has 1 rings (SSSR count). The lowest BCUT2D eigenvalue weighted by atomic mass is 9.84. The molecule has 0 saturated carbocycles. The lowest BCUT2D eigenvalue weighted by molar-refractivity contribution is -0.148. The van der Waals surface area contributed by atoms with Crippen molar-refractivity contribution < 1.29 is 14.7 Å². The molecule has 3 N–H and O–H groups in total. The van der Waals surface area contributed by atoms with Crippen molar-refractivity contribution in [2.24, 2.45) is 5.41 Å². The van der Waals surface area contributed by atoms with E-state index in [1.165, 1.54) is 0 Å². The number of hydrogen-bond acceptors (Lipinski definition) is 3. The van der Waals surface area contributed by atoms with E-state index in [1.54, 1.807) is 4.90 Å². The summed E-state index contributed by atoms with van der Waals surface area (Å²) < 4.78 is 0. The number of hydrogen-bond donors (Lipinski definition) is 3. The highest BCUT2D eigenvalue weighted by Crippen LogP contribution is 2.34. The van der Waals surface area contributed by atoms with Gasteiger partial charge >= 0.3 is 12.0 Å². The molecule has 18 heavy (non-hydrogen) atoms. The Kier molecular flexibility index (Phi) is 5.40. The van der Waals surface area contributed by atoms with E-state index in [1.807, 2.05) is 14.0 Å². The minimum atomic E-state index is -0.796. The Morgan fingerprint density at radius 2 is 2.11 bits per heavy atom. The lowest BCUT2D eigenvalue weighted by Crippen LogP contribution is -2.42. The maximum absolute atomic E-state index is 11.8. The first-order chi connectivity index (χ1) is 8.55. The third-order valence-electron chi connectivity index (χ3n) is 3.65. The summed E-state index contributed by atoms with van der Waals surface area (Å²) in [5.74, 6) is -0.796. The fourth-order valence-electron chi connectivity index (χ4n) is 2.23. The average molecular weight is 257 g/mol. The Hall–Kier alpha value is -1.30. The Labute approximate surface area is 108 Å². The van der Waals surface area contributed by atoms with Gasteiger partial charge in [-0.25, -0.2) is 4.79 Å². The summed E-state index contributed by atoms with van der Waals surface area (Å²) >= 11 is 0. The van der Waals surface area contributed by atoms with Crippen LogP contribution in [0.25, 0.3) is 0 Å². The number of urea groups is 1. The van der Waals surface area contributed by atoms with Gasteiger partial charge in [0.25, 0.3) is 0 Å². The highest BCUT2D eigenvalue weighted by atomic mass is 16.4. The topological polar surface area (TPSA) is 81.7 Å². The molecular weight excluding hydrogens is 234 g/mol. The van der Waals surface area contributed by atoms with Crippen molar-refractivity contribution in [1.29, 1.82) is 0 Å². The number of carboxylic acids is 1. The Morgan fingerprint density at radius 1 is 1.39 bits per heavy atom. The second-order valence-corrected chi connectivity index (χ2v) is 4.80. The van der Waals surface area contributed by atoms with Crippen LogP contribution in [-0.2, 0) is 4.79 Å². The predicted molar refractivity (Wildman–Crippen MR) is 68.5 cm³/mol. The first-order valence-electron chi connectivity index (χ1n) is 6.46. The van der Waals surface area contributed by atoms with E-state index in [4.69, 9.17) is 0 Å². The molecule has 0 aromatic heterocycles. The smallest absolute Gasteiger partial charge is 0.317 e. The molecule has 2 amide bonds. The van der Waals surface area contributed by atoms with Crippen molar-refractivity contribution in [3.05, 3.63) is 0 Å². The zero-order chi connectivity index (χ0) is 13.6. The van der Waals surface area contributed by atoms with Crippen LogP contribution in [0.1, 0.15) is 26.2 Å². The molecule has 1 saturated heterocycles. The van der Waals surface area contributed by atoms with Crippen LogP contribution in [-0.4, -0.2) is 55.2 Å². The van der Waals surface area contributed by atoms with Crippen LogP contribution in [0.2, 0.25) is 0 Å². The third-order valence-corrected chi connectivity index (χ3v) is 3.65. The predicted octanol–water partition coefficient (Wildman–Crippen LogP) is 0.492. The number of rotatable bonds is 6. The van der Waals surface area contributed by atoms with Crippen LogP contribution in [0.4, 0.5) is 4.79 Å². The summed E-state index contributed by atoms with van der Waals surface area (Å²) in [5.41, 5.74) is -0.748. The van der Waals surface area contributed by atoms with Crippen molar-refractivity contribution in [1.82, 2.24) is 15.5 Å². The van der Waals surface area contributed by atoms with Crippen molar-refractivity contribution in [2.45, 2.75) is 26.2 Å². The van der Waals surface area contributed by atoms with Crippen molar-refractivity contribution in [3.8, 4) is 0 Å². The van der Waals surface area contributed by atoms with Crippen LogP contribution >= 0.6 is 0 Å². The van der Waals surface area contributed by atoms with Gasteiger partial charge in [-0.3, -0.25) is 4.79 Å². The van der Waals surface area contributed by atoms with E-state index in [2.05, 4.69) is 10.6 Å². The molecule has 0 aliphatic carbocycles. The van der Waals surface area contributed by atoms with Gasteiger partial charge in [0.2, 0.25) is 0 Å². The minimum absolute atomic E-state index is 0.150. The van der Waals surface area contributed by atoms with E-state index in [-0.39, 0.29) is 6.03 Å². The fraction of sp³-hybridized carbons (Fsp3) is 0.833. The SMILES string of the molecule is CCC1(C(=O)O)CCN(C(=O)NCCCNC)C1. The largest absolute Gasteiger partial charge is 0.481 e. The zero-order valence-electron chi connectivity index (χ0n) is 11.2. The maximum atomic E-state index is 11.8. The summed E-state index contributed by atoms with van der Waals surface area (Å²) in [4.78, 5) is 24.7. The van der Waals surface area contributed by atoms with E-state index < -0.39 is 11.4 Å². The van der Waals surface area contributed by atoms with Crippen LogP contribution < -0.4 is 10.6 Å². The molecule has 6 nitrogen and oxygen atoms in total.